The number of nitrogens with zero attached hydrogens (tertiary/aromatic N) is 1. The Morgan fingerprint density at radius 1 is 1.39 bits per heavy atom. The molecule has 1 N–H and O–H groups in total. The van der Waals surface area contributed by atoms with Crippen LogP contribution in [0.25, 0.3) is 0 Å². The molecule has 2 heterocycles. The third kappa shape index (κ3) is 3.36. The topological polar surface area (TPSA) is 28.4 Å². The fraction of sp³-hybridized carbons (Fsp3) is 0.733. The minimum Gasteiger partial charge on any atom is -0.465 e. The Balaban J connectivity index is 1.88. The molecule has 1 aliphatic rings. The lowest BCUT2D eigenvalue weighted by Crippen LogP contribution is -2.32. The zero-order valence-electron chi connectivity index (χ0n) is 12.0. The van der Waals surface area contributed by atoms with Crippen molar-refractivity contribution in [2.24, 2.45) is 5.92 Å². The maximum atomic E-state index is 5.84. The van der Waals surface area contributed by atoms with Crippen molar-refractivity contribution in [2.75, 3.05) is 20.1 Å². The lowest BCUT2D eigenvalue weighted by Gasteiger charge is -2.30. The molecule has 1 fully saturated rings. The van der Waals surface area contributed by atoms with Crippen molar-refractivity contribution in [1.82, 2.24) is 10.2 Å². The Morgan fingerprint density at radius 2 is 2.11 bits per heavy atom. The number of piperidine rings is 1. The van der Waals surface area contributed by atoms with Crippen molar-refractivity contribution in [3.8, 4) is 0 Å². The van der Waals surface area contributed by atoms with E-state index in [9.17, 15) is 0 Å². The van der Waals surface area contributed by atoms with Crippen molar-refractivity contribution in [1.29, 1.82) is 0 Å². The van der Waals surface area contributed by atoms with E-state index in [1.807, 2.05) is 7.05 Å². The zero-order chi connectivity index (χ0) is 13.0. The summed E-state index contributed by atoms with van der Waals surface area (Å²) in [6, 6.07) is 2.21. The van der Waals surface area contributed by atoms with E-state index < -0.39 is 0 Å². The molecular weight excluding hydrogens is 224 g/mol. The highest BCUT2D eigenvalue weighted by Gasteiger charge is 2.19. The summed E-state index contributed by atoms with van der Waals surface area (Å²) in [5.74, 6) is 3.12. The van der Waals surface area contributed by atoms with Gasteiger partial charge in [0.2, 0.25) is 0 Å². The van der Waals surface area contributed by atoms with Gasteiger partial charge < -0.3 is 9.73 Å². The van der Waals surface area contributed by atoms with Gasteiger partial charge in [0.05, 0.1) is 6.54 Å². The summed E-state index contributed by atoms with van der Waals surface area (Å²) in [6.45, 7) is 8.67. The average molecular weight is 250 g/mol. The van der Waals surface area contributed by atoms with Crippen LogP contribution in [0.3, 0.4) is 0 Å². The lowest BCUT2D eigenvalue weighted by atomic mass is 9.94. The van der Waals surface area contributed by atoms with E-state index in [1.54, 1.807) is 0 Å². The molecule has 3 nitrogen and oxygen atoms in total. The maximum Gasteiger partial charge on any atom is 0.118 e. The summed E-state index contributed by atoms with van der Waals surface area (Å²) in [4.78, 5) is 2.52. The fourth-order valence-corrected chi connectivity index (χ4v) is 2.80. The predicted molar refractivity (Wildman–Crippen MR) is 74.5 cm³/mol. The third-order valence-electron chi connectivity index (χ3n) is 4.10. The van der Waals surface area contributed by atoms with Crippen LogP contribution < -0.4 is 5.32 Å². The van der Waals surface area contributed by atoms with Crippen LogP contribution in [0.2, 0.25) is 0 Å². The highest BCUT2D eigenvalue weighted by molar-refractivity contribution is 5.20. The van der Waals surface area contributed by atoms with Crippen molar-refractivity contribution < 1.29 is 4.42 Å². The van der Waals surface area contributed by atoms with Crippen LogP contribution in [0, 0.1) is 12.8 Å². The second kappa shape index (κ2) is 6.39. The van der Waals surface area contributed by atoms with E-state index >= 15 is 0 Å². The summed E-state index contributed by atoms with van der Waals surface area (Å²) in [7, 11) is 1.97. The normalized spacial score (nSPS) is 18.4. The first kappa shape index (κ1) is 13.6. The zero-order valence-corrected chi connectivity index (χ0v) is 12.0. The molecular formula is C15H26N2O. The van der Waals surface area contributed by atoms with Gasteiger partial charge in [0.15, 0.2) is 0 Å². The molecule has 1 aromatic rings. The SMILES string of the molecule is CCC1CCN(Cc2cc(CNC)c(C)o2)CC1. The number of aryl methyl sites for hydroxylation is 1. The molecule has 2 rings (SSSR count). The highest BCUT2D eigenvalue weighted by Crippen LogP contribution is 2.22. The van der Waals surface area contributed by atoms with Gasteiger partial charge >= 0.3 is 0 Å². The minimum absolute atomic E-state index is 0.896. The smallest absolute Gasteiger partial charge is 0.118 e. The standard InChI is InChI=1S/C15H26N2O/c1-4-13-5-7-17(8-6-13)11-15-9-14(10-16-3)12(2)18-15/h9,13,16H,4-8,10-11H2,1-3H3. The van der Waals surface area contributed by atoms with Crippen LogP contribution >= 0.6 is 0 Å². The second-order valence-electron chi connectivity index (χ2n) is 5.45. The van der Waals surface area contributed by atoms with Crippen molar-refractivity contribution in [3.05, 3.63) is 23.2 Å². The van der Waals surface area contributed by atoms with Crippen LogP contribution in [0.1, 0.15) is 43.3 Å². The molecule has 0 amide bonds. The van der Waals surface area contributed by atoms with Gasteiger partial charge in [-0.1, -0.05) is 13.3 Å². The van der Waals surface area contributed by atoms with Crippen LogP contribution in [0.4, 0.5) is 0 Å². The number of nitrogens with one attached hydrogen (secondary N) is 1. The minimum atomic E-state index is 0.896. The molecule has 0 saturated carbocycles. The molecule has 0 atom stereocenters. The van der Waals surface area contributed by atoms with Gasteiger partial charge in [0.1, 0.15) is 11.5 Å². The average Bonchev–Trinajstić information content (AvgIpc) is 2.71. The Morgan fingerprint density at radius 3 is 2.72 bits per heavy atom. The summed E-state index contributed by atoms with van der Waals surface area (Å²) in [5.41, 5.74) is 1.29. The van der Waals surface area contributed by atoms with E-state index in [1.165, 1.54) is 37.9 Å². The van der Waals surface area contributed by atoms with E-state index in [0.29, 0.717) is 0 Å². The molecule has 1 aliphatic heterocycles. The molecule has 18 heavy (non-hydrogen) atoms. The Hall–Kier alpha value is -0.800. The fourth-order valence-electron chi connectivity index (χ4n) is 2.80. The van der Waals surface area contributed by atoms with Crippen molar-refractivity contribution in [2.45, 2.75) is 46.2 Å². The molecule has 0 unspecified atom stereocenters. The van der Waals surface area contributed by atoms with Gasteiger partial charge in [-0.05, 0) is 51.9 Å². The molecule has 3 heteroatoms. The quantitative estimate of drug-likeness (QED) is 0.871. The first-order valence-electron chi connectivity index (χ1n) is 7.18. The number of rotatable bonds is 5. The second-order valence-corrected chi connectivity index (χ2v) is 5.45. The molecule has 0 aliphatic carbocycles. The van der Waals surface area contributed by atoms with E-state index in [4.69, 9.17) is 4.42 Å². The van der Waals surface area contributed by atoms with Crippen molar-refractivity contribution >= 4 is 0 Å². The highest BCUT2D eigenvalue weighted by atomic mass is 16.3. The Labute approximate surface area is 111 Å². The van der Waals surface area contributed by atoms with Gasteiger partial charge in [-0.3, -0.25) is 4.90 Å². The summed E-state index contributed by atoms with van der Waals surface area (Å²) >= 11 is 0. The molecule has 0 bridgehead atoms. The monoisotopic (exact) mass is 250 g/mol. The largest absolute Gasteiger partial charge is 0.465 e. The molecule has 0 aromatic carbocycles. The first-order chi connectivity index (χ1) is 8.72. The van der Waals surface area contributed by atoms with E-state index in [0.717, 1.165) is 30.5 Å². The Kier molecular flexibility index (Phi) is 4.84. The number of hydrogen-bond acceptors (Lipinski definition) is 3. The third-order valence-corrected chi connectivity index (χ3v) is 4.10. The van der Waals surface area contributed by atoms with Gasteiger partial charge in [0, 0.05) is 12.1 Å². The maximum absolute atomic E-state index is 5.84. The first-order valence-corrected chi connectivity index (χ1v) is 7.18. The van der Waals surface area contributed by atoms with Crippen LogP contribution in [0.5, 0.6) is 0 Å². The predicted octanol–water partition coefficient (Wildman–Crippen LogP) is 2.93. The lowest BCUT2D eigenvalue weighted by molar-refractivity contribution is 0.164. The van der Waals surface area contributed by atoms with Gasteiger partial charge in [-0.2, -0.15) is 0 Å². The van der Waals surface area contributed by atoms with Crippen LogP contribution in [0.15, 0.2) is 10.5 Å². The number of furan rings is 1. The molecule has 1 saturated heterocycles. The summed E-state index contributed by atoms with van der Waals surface area (Å²) < 4.78 is 5.84. The summed E-state index contributed by atoms with van der Waals surface area (Å²) in [5, 5.41) is 3.18. The molecule has 1 aromatic heterocycles. The summed E-state index contributed by atoms with van der Waals surface area (Å²) in [6.07, 6.45) is 4.03. The van der Waals surface area contributed by atoms with Crippen LogP contribution in [-0.2, 0) is 13.1 Å². The number of hydrogen-bond donors (Lipinski definition) is 1. The molecule has 0 spiro atoms. The van der Waals surface area contributed by atoms with Crippen LogP contribution in [-0.4, -0.2) is 25.0 Å². The van der Waals surface area contributed by atoms with E-state index in [2.05, 4.69) is 30.1 Å². The Bertz CT molecular complexity index is 365. The number of likely N-dealkylation sites (tertiary alicyclic amines) is 1. The van der Waals surface area contributed by atoms with Gasteiger partial charge in [-0.15, -0.1) is 0 Å². The van der Waals surface area contributed by atoms with Gasteiger partial charge in [0.25, 0.3) is 0 Å². The molecule has 102 valence electrons. The van der Waals surface area contributed by atoms with Gasteiger partial charge in [-0.25, -0.2) is 0 Å². The van der Waals surface area contributed by atoms with E-state index in [-0.39, 0.29) is 0 Å². The molecule has 0 radical (unpaired) electrons. The van der Waals surface area contributed by atoms with Crippen molar-refractivity contribution in [3.63, 3.8) is 0 Å².